The zero-order chi connectivity index (χ0) is 45.0. The van der Waals surface area contributed by atoms with E-state index in [2.05, 4.69) is 52.6 Å². The first kappa shape index (κ1) is 47.4. The van der Waals surface area contributed by atoms with Crippen molar-refractivity contribution in [3.05, 3.63) is 109 Å². The molecule has 0 aliphatic carbocycles. The van der Waals surface area contributed by atoms with E-state index in [0.29, 0.717) is 52.1 Å². The number of H-pyrrole nitrogens is 1. The summed E-state index contributed by atoms with van der Waals surface area (Å²) in [5.41, 5.74) is 37.9. The third kappa shape index (κ3) is 13.9. The summed E-state index contributed by atoms with van der Waals surface area (Å²) in [5, 5.41) is 3.57. The zero-order valence-electron chi connectivity index (χ0n) is 35.6. The molecule has 7 heterocycles. The van der Waals surface area contributed by atoms with Gasteiger partial charge in [-0.1, -0.05) is 11.6 Å². The fourth-order valence-corrected chi connectivity index (χ4v) is 6.56. The molecule has 7 aromatic heterocycles. The van der Waals surface area contributed by atoms with Crippen LogP contribution in [0, 0.1) is 55.4 Å². The van der Waals surface area contributed by atoms with Gasteiger partial charge < -0.3 is 38.4 Å². The van der Waals surface area contributed by atoms with Crippen molar-refractivity contribution < 1.29 is 14.3 Å². The quantitative estimate of drug-likeness (QED) is 0.0604. The first-order valence-electron chi connectivity index (χ1n) is 18.7. The molecular weight excluding hydrogens is 784 g/mol. The first-order chi connectivity index (χ1) is 28.1. The van der Waals surface area contributed by atoms with E-state index >= 15 is 0 Å². The molecule has 0 aliphatic rings. The Labute approximate surface area is 353 Å². The Kier molecular flexibility index (Phi) is 16.7. The molecule has 0 spiro atoms. The Morgan fingerprint density at radius 3 is 1.52 bits per heavy atom. The molecule has 316 valence electrons. The number of aryl methyl sites for hydroxylation is 8. The van der Waals surface area contributed by atoms with Crippen molar-refractivity contribution >= 4 is 85.5 Å². The molecule has 7 rings (SSSR count). The molecule has 0 fully saturated rings. The van der Waals surface area contributed by atoms with Gasteiger partial charge in [-0.25, -0.2) is 29.9 Å². The summed E-state index contributed by atoms with van der Waals surface area (Å²) in [7, 11) is 0. The fourth-order valence-electron chi connectivity index (χ4n) is 6.31. The minimum Gasteiger partial charge on any atom is -0.466 e. The molecule has 0 radical (unpaired) electrons. The Hall–Kier alpha value is -6.94. The molecular formula is C43H53ClN12O4. The molecule has 0 saturated carbocycles. The van der Waals surface area contributed by atoms with E-state index < -0.39 is 5.97 Å². The van der Waals surface area contributed by atoms with Crippen molar-refractivity contribution in [3.63, 3.8) is 0 Å². The summed E-state index contributed by atoms with van der Waals surface area (Å²) < 4.78 is 4.49. The Morgan fingerprint density at radius 1 is 0.583 bits per heavy atom. The maximum Gasteiger partial charge on any atom is 0.313 e. The number of aromatic amines is 1. The first-order valence-corrected chi connectivity index (χ1v) is 19.1. The number of aromatic nitrogens is 7. The van der Waals surface area contributed by atoms with E-state index in [1.807, 2.05) is 66.7 Å². The van der Waals surface area contributed by atoms with Crippen molar-refractivity contribution in [2.24, 2.45) is 0 Å². The van der Waals surface area contributed by atoms with Crippen LogP contribution in [0.5, 0.6) is 0 Å². The average molecular weight is 837 g/mol. The predicted molar refractivity (Wildman–Crippen MR) is 243 cm³/mol. The number of nitrogens with two attached hydrogens (primary N) is 5. The van der Waals surface area contributed by atoms with Crippen molar-refractivity contribution in [1.82, 2.24) is 34.9 Å². The van der Waals surface area contributed by atoms with Crippen molar-refractivity contribution in [1.29, 1.82) is 0 Å². The molecule has 60 heavy (non-hydrogen) atoms. The van der Waals surface area contributed by atoms with Crippen LogP contribution in [0.3, 0.4) is 0 Å². The third-order valence-electron chi connectivity index (χ3n) is 8.41. The van der Waals surface area contributed by atoms with Crippen molar-refractivity contribution in [2.45, 2.75) is 75.7 Å². The van der Waals surface area contributed by atoms with E-state index in [-0.39, 0.29) is 17.8 Å². The number of halogens is 1. The summed E-state index contributed by atoms with van der Waals surface area (Å²) in [5.74, 6) is 1.80. The highest BCUT2D eigenvalue weighted by atomic mass is 35.5. The standard InChI is InChI=1S/C11H13N3.C10H10ClN3.C10H11N3O.C6H9N3.C6H10O3/c1-6-4-8(3)13-11-10(6)7(2)5-9(12)14-11;1-5-3-7(11)13-10-9(5)6(2)4-8(12)14-10;1-5-3-7(11)12-10-9(5)6(2)4-8(14)13-10;1-4-2-5(7)9-6(8)3-4;1-3-9-6(8)4-5(2)7/h4-5H,1-3H3,(H2,12,13,14);3-4H,1-2H3,(H2,12,13,14);3-4H,1-2H3,(H3,11,12,13,14);2-3H,1H3,(H4,7,8,9);3-4H2,1-2H3. The van der Waals surface area contributed by atoms with Gasteiger partial charge in [0.2, 0.25) is 5.56 Å². The monoisotopic (exact) mass is 836 g/mol. The maximum atomic E-state index is 11.2. The summed E-state index contributed by atoms with van der Waals surface area (Å²) in [4.78, 5) is 59.2. The van der Waals surface area contributed by atoms with E-state index in [1.165, 1.54) is 12.5 Å². The van der Waals surface area contributed by atoms with E-state index in [9.17, 15) is 14.4 Å². The average Bonchev–Trinajstić information content (AvgIpc) is 3.06. The van der Waals surface area contributed by atoms with Crippen LogP contribution in [0.25, 0.3) is 33.1 Å². The lowest BCUT2D eigenvalue weighted by Crippen LogP contribution is -2.07. The number of nitrogen functional groups attached to an aromatic ring is 5. The second-order valence-electron chi connectivity index (χ2n) is 14.0. The van der Waals surface area contributed by atoms with Gasteiger partial charge in [0, 0.05) is 27.9 Å². The van der Waals surface area contributed by atoms with Crippen LogP contribution in [0.2, 0.25) is 5.15 Å². The number of esters is 1. The minimum absolute atomic E-state index is 0.103. The Balaban J connectivity index is 0.000000203. The van der Waals surface area contributed by atoms with Crippen LogP contribution in [-0.4, -0.2) is 53.2 Å². The Morgan fingerprint density at radius 2 is 1.02 bits per heavy atom. The van der Waals surface area contributed by atoms with Crippen LogP contribution in [-0.2, 0) is 14.3 Å². The SMILES string of the molecule is CCOC(=O)CC(C)=O.Cc1cc(C)c2c(C)cc(N)nc2n1.Cc1cc(N)nc(N)c1.Cc1cc(N)nc2[nH]c(=O)cc(C)c12.Cc1cc(N)nc2nc(Cl)cc(C)c12. The van der Waals surface area contributed by atoms with Crippen LogP contribution >= 0.6 is 11.6 Å². The number of fused-ring (bicyclic) bond motifs is 3. The van der Waals surface area contributed by atoms with E-state index in [1.54, 1.807) is 31.2 Å². The summed E-state index contributed by atoms with van der Waals surface area (Å²) in [6, 6.07) is 14.5. The maximum absolute atomic E-state index is 11.2. The molecule has 0 saturated heterocycles. The van der Waals surface area contributed by atoms with Crippen molar-refractivity contribution in [3.8, 4) is 0 Å². The van der Waals surface area contributed by atoms with Gasteiger partial charge in [-0.15, -0.1) is 0 Å². The minimum atomic E-state index is -0.440. The molecule has 0 aromatic carbocycles. The number of anilines is 5. The fraction of sp³-hybridized carbons (Fsp3) is 0.279. The highest BCUT2D eigenvalue weighted by Gasteiger charge is 2.08. The lowest BCUT2D eigenvalue weighted by molar-refractivity contribution is -0.145. The highest BCUT2D eigenvalue weighted by Crippen LogP contribution is 2.24. The zero-order valence-corrected chi connectivity index (χ0v) is 36.4. The number of hydrogen-bond acceptors (Lipinski definition) is 15. The molecule has 16 nitrogen and oxygen atoms in total. The predicted octanol–water partition coefficient (Wildman–Crippen LogP) is 6.82. The number of pyridine rings is 7. The number of rotatable bonds is 3. The van der Waals surface area contributed by atoms with Crippen LogP contribution in [0.1, 0.15) is 64.9 Å². The number of nitrogens with zero attached hydrogens (tertiary/aromatic N) is 6. The van der Waals surface area contributed by atoms with Gasteiger partial charge in [0.1, 0.15) is 52.1 Å². The van der Waals surface area contributed by atoms with Gasteiger partial charge in [-0.3, -0.25) is 14.4 Å². The number of ether oxygens (including phenoxy) is 1. The van der Waals surface area contributed by atoms with E-state index in [0.717, 1.165) is 60.9 Å². The van der Waals surface area contributed by atoms with Gasteiger partial charge >= 0.3 is 5.97 Å². The van der Waals surface area contributed by atoms with Gasteiger partial charge in [0.25, 0.3) is 0 Å². The number of hydrogen-bond donors (Lipinski definition) is 6. The molecule has 0 bridgehead atoms. The molecule has 0 aliphatic heterocycles. The molecule has 7 aromatic rings. The van der Waals surface area contributed by atoms with Crippen LogP contribution in [0.4, 0.5) is 29.1 Å². The molecule has 0 unspecified atom stereocenters. The summed E-state index contributed by atoms with van der Waals surface area (Å²) >= 11 is 5.84. The molecule has 17 heteroatoms. The third-order valence-corrected chi connectivity index (χ3v) is 8.60. The number of nitrogens with one attached hydrogen (secondary N) is 1. The normalized spacial score (nSPS) is 10.2. The molecule has 0 atom stereocenters. The van der Waals surface area contributed by atoms with E-state index in [4.69, 9.17) is 40.3 Å². The van der Waals surface area contributed by atoms with Gasteiger partial charge in [0.05, 0.1) is 6.61 Å². The summed E-state index contributed by atoms with van der Waals surface area (Å²) in [6.45, 7) is 19.2. The highest BCUT2D eigenvalue weighted by molar-refractivity contribution is 6.29. The lowest BCUT2D eigenvalue weighted by Gasteiger charge is -2.06. The Bertz CT molecular complexity index is 2510. The van der Waals surface area contributed by atoms with Crippen LogP contribution in [0.15, 0.2) is 53.3 Å². The second-order valence-corrected chi connectivity index (χ2v) is 14.4. The topological polar surface area (TPSA) is 284 Å². The second kappa shape index (κ2) is 21.2. The number of Topliss-reactive ketones (excluding diaryl/α,β-unsaturated/α-hetero) is 1. The van der Waals surface area contributed by atoms with Crippen LogP contribution < -0.4 is 34.2 Å². The van der Waals surface area contributed by atoms with Crippen molar-refractivity contribution in [2.75, 3.05) is 35.3 Å². The number of ketones is 1. The molecule has 11 N–H and O–H groups in total. The molecule has 0 amide bonds. The van der Waals surface area contributed by atoms with Gasteiger partial charge in [-0.2, -0.15) is 0 Å². The smallest absolute Gasteiger partial charge is 0.313 e. The summed E-state index contributed by atoms with van der Waals surface area (Å²) in [6.07, 6.45) is -0.103. The largest absolute Gasteiger partial charge is 0.466 e. The van der Waals surface area contributed by atoms with Gasteiger partial charge in [0.15, 0.2) is 11.3 Å². The lowest BCUT2D eigenvalue weighted by atomic mass is 10.1. The van der Waals surface area contributed by atoms with Gasteiger partial charge in [-0.05, 0) is 151 Å². The number of carbonyl (C=O) groups is 2. The number of carbonyl (C=O) groups excluding carboxylic acids is 2.